The predicted molar refractivity (Wildman–Crippen MR) is 157 cm³/mol. The molecule has 0 N–H and O–H groups in total. The number of nitrogens with zero attached hydrogens (tertiary/aromatic N) is 9. The van der Waals surface area contributed by atoms with Gasteiger partial charge in [-0.2, -0.15) is 0 Å². The molecule has 0 radical (unpaired) electrons. The summed E-state index contributed by atoms with van der Waals surface area (Å²) >= 11 is 0. The molecule has 0 aliphatic heterocycles. The molecule has 9 nitrogen and oxygen atoms in total. The van der Waals surface area contributed by atoms with Gasteiger partial charge in [0.2, 0.25) is 0 Å². The topological polar surface area (TPSA) is 92.8 Å². The molecule has 0 unspecified atom stereocenters. The number of aromatic nitrogens is 6. The number of hydrogen-bond donors (Lipinski definition) is 0. The average molecular weight is 735 g/mol. The summed E-state index contributed by atoms with van der Waals surface area (Å²) in [7, 11) is 0. The molecule has 0 bridgehead atoms. The maximum Gasteiger partial charge on any atom is 2.00 e. The zero-order valence-electron chi connectivity index (χ0n) is 24.2. The van der Waals surface area contributed by atoms with E-state index in [4.69, 9.17) is 16.5 Å². The van der Waals surface area contributed by atoms with Gasteiger partial charge in [0, 0.05) is 5.69 Å². The molecule has 0 fully saturated rings. The van der Waals surface area contributed by atoms with Gasteiger partial charge >= 0.3 is 26.9 Å². The van der Waals surface area contributed by atoms with Crippen molar-refractivity contribution in [3.8, 4) is 17.7 Å². The van der Waals surface area contributed by atoms with E-state index < -0.39 is 0 Å². The molecule has 0 aliphatic rings. The van der Waals surface area contributed by atoms with E-state index >= 15 is 0 Å². The molecule has 5 rings (SSSR count). The molecule has 0 atom stereocenters. The summed E-state index contributed by atoms with van der Waals surface area (Å²) in [6.45, 7) is 20.5. The maximum absolute atomic E-state index is 9.25. The number of pyridine rings is 2. The Balaban J connectivity index is 0.00000405. The van der Waals surface area contributed by atoms with Crippen molar-refractivity contribution in [3.05, 3.63) is 107 Å². The first-order valence-electron chi connectivity index (χ1n) is 13.1. The average Bonchev–Trinajstić information content (AvgIpc) is 3.63. The molecule has 0 amide bonds. The van der Waals surface area contributed by atoms with Crippen LogP contribution in [0.15, 0.2) is 66.7 Å². The summed E-state index contributed by atoms with van der Waals surface area (Å²) in [6.07, 6.45) is 5.93. The third kappa shape index (κ3) is 6.33. The Bertz CT molecular complexity index is 1680. The Morgan fingerprint density at radius 1 is 0.810 bits per heavy atom. The Morgan fingerprint density at radius 3 is 1.79 bits per heavy atom. The zero-order valence-corrected chi connectivity index (χ0v) is 26.5. The second-order valence-electron chi connectivity index (χ2n) is 11.6. The van der Waals surface area contributed by atoms with Gasteiger partial charge < -0.3 is 9.53 Å². The molecule has 0 spiro atoms. The fourth-order valence-corrected chi connectivity index (χ4v) is 4.21. The minimum Gasteiger partial charge on any atom is -0.342 e. The van der Waals surface area contributed by atoms with E-state index in [-0.39, 0.29) is 43.4 Å². The third-order valence-corrected chi connectivity index (χ3v) is 6.52. The van der Waals surface area contributed by atoms with Crippen LogP contribution < -0.4 is 4.90 Å². The number of benzene rings is 1. The first-order valence-corrected chi connectivity index (χ1v) is 13.1. The molecule has 10 heteroatoms. The van der Waals surface area contributed by atoms with Crippen molar-refractivity contribution in [1.82, 2.24) is 29.5 Å². The minimum atomic E-state index is -0.107. The van der Waals surface area contributed by atoms with Gasteiger partial charge in [0.1, 0.15) is 11.6 Å². The van der Waals surface area contributed by atoms with Crippen LogP contribution in [0.4, 0.5) is 23.1 Å². The van der Waals surface area contributed by atoms with E-state index in [1.807, 2.05) is 47.4 Å². The van der Waals surface area contributed by atoms with Gasteiger partial charge in [-0.05, 0) is 63.6 Å². The zero-order chi connectivity index (χ0) is 29.4. The van der Waals surface area contributed by atoms with Gasteiger partial charge in [-0.1, -0.05) is 84.6 Å². The number of nitriles is 1. The van der Waals surface area contributed by atoms with Crippen LogP contribution >= 0.6 is 0 Å². The van der Waals surface area contributed by atoms with Crippen LogP contribution in [0.2, 0.25) is 0 Å². The SMILES string of the molecule is [C-]#[N+]c1c[c-]n(-c2cccc(N(c3cc(C(C)(C)C)cc(C(C)(C)C)c3)c3cccc(-n4[c-]cc(C#N)n4)n3)n2)n1.[Pt+2]. The molecular formula is C32H29N9Pt. The van der Waals surface area contributed by atoms with Gasteiger partial charge in [0.25, 0.3) is 0 Å². The van der Waals surface area contributed by atoms with E-state index in [1.54, 1.807) is 0 Å². The standard InChI is InChI=1S/C32H29N9.Pt/c1-31(2,3)22-18-23(32(4,5)6)20-25(19-22)41(29-12-8-10-27(35-29)39-16-14-24(21-33)37-39)30-13-9-11-28(36-30)40-17-15-26(34-7)38-40;/h8-15,18-20H,1-6H3;/q-2;+2. The van der Waals surface area contributed by atoms with Crippen LogP contribution in [0.25, 0.3) is 16.5 Å². The van der Waals surface area contributed by atoms with Crippen molar-refractivity contribution >= 4 is 23.1 Å². The fraction of sp³-hybridized carbons (Fsp3) is 0.250. The summed E-state index contributed by atoms with van der Waals surface area (Å²) in [6, 6.07) is 22.9. The van der Waals surface area contributed by atoms with Crippen molar-refractivity contribution in [2.75, 3.05) is 4.90 Å². The second-order valence-corrected chi connectivity index (χ2v) is 11.6. The third-order valence-electron chi connectivity index (χ3n) is 6.52. The smallest absolute Gasteiger partial charge is 0.342 e. The quantitative estimate of drug-likeness (QED) is 0.182. The van der Waals surface area contributed by atoms with Gasteiger partial charge in [-0.25, -0.2) is 15.0 Å². The van der Waals surface area contributed by atoms with Gasteiger partial charge in [0.05, 0.1) is 23.4 Å². The summed E-state index contributed by atoms with van der Waals surface area (Å²) in [5.41, 5.74) is 3.29. The van der Waals surface area contributed by atoms with Crippen LogP contribution in [0.1, 0.15) is 58.4 Å². The van der Waals surface area contributed by atoms with E-state index in [2.05, 4.69) is 87.2 Å². The van der Waals surface area contributed by atoms with Crippen LogP contribution in [-0.2, 0) is 31.9 Å². The van der Waals surface area contributed by atoms with E-state index in [9.17, 15) is 5.26 Å². The summed E-state index contributed by atoms with van der Waals surface area (Å²) < 4.78 is 2.92. The fourth-order valence-electron chi connectivity index (χ4n) is 4.21. The van der Waals surface area contributed by atoms with Crippen molar-refractivity contribution in [1.29, 1.82) is 5.26 Å². The molecule has 0 saturated heterocycles. The van der Waals surface area contributed by atoms with Crippen molar-refractivity contribution in [2.24, 2.45) is 0 Å². The van der Waals surface area contributed by atoms with Crippen molar-refractivity contribution < 1.29 is 21.1 Å². The van der Waals surface area contributed by atoms with Gasteiger partial charge in [0.15, 0.2) is 0 Å². The number of hydrogen-bond acceptors (Lipinski definition) is 6. The normalized spacial score (nSPS) is 11.3. The number of anilines is 3. The van der Waals surface area contributed by atoms with E-state index in [1.165, 1.54) is 32.6 Å². The second kappa shape index (κ2) is 11.7. The molecule has 4 heterocycles. The largest absolute Gasteiger partial charge is 2.00 e. The van der Waals surface area contributed by atoms with E-state index in [0.29, 0.717) is 23.3 Å². The van der Waals surface area contributed by atoms with E-state index in [0.717, 1.165) is 5.69 Å². The Morgan fingerprint density at radius 2 is 1.33 bits per heavy atom. The first-order chi connectivity index (χ1) is 19.5. The molecule has 42 heavy (non-hydrogen) atoms. The van der Waals surface area contributed by atoms with Crippen molar-refractivity contribution in [3.63, 3.8) is 0 Å². The Hall–Kier alpha value is -4.59. The first kappa shape index (κ1) is 30.4. The molecule has 212 valence electrons. The van der Waals surface area contributed by atoms with Crippen LogP contribution in [0, 0.1) is 30.3 Å². The Labute approximate surface area is 260 Å². The molecule has 5 aromatic rings. The summed E-state index contributed by atoms with van der Waals surface area (Å²) in [4.78, 5) is 15.2. The molecular weight excluding hydrogens is 705 g/mol. The Kier molecular flexibility index (Phi) is 8.47. The minimum absolute atomic E-state index is 0. The summed E-state index contributed by atoms with van der Waals surface area (Å²) in [5, 5.41) is 17.8. The van der Waals surface area contributed by atoms with Crippen LogP contribution in [-0.4, -0.2) is 29.5 Å². The number of rotatable bonds is 5. The molecule has 0 saturated carbocycles. The summed E-state index contributed by atoms with van der Waals surface area (Å²) in [5.74, 6) is 2.47. The van der Waals surface area contributed by atoms with Gasteiger partial charge in [-0.3, -0.25) is 14.9 Å². The monoisotopic (exact) mass is 734 g/mol. The molecule has 0 aliphatic carbocycles. The van der Waals surface area contributed by atoms with Gasteiger partial charge in [-0.15, -0.1) is 6.07 Å². The van der Waals surface area contributed by atoms with Crippen molar-refractivity contribution in [2.45, 2.75) is 52.4 Å². The van der Waals surface area contributed by atoms with Crippen LogP contribution in [0.3, 0.4) is 0 Å². The molecule has 4 aromatic heterocycles. The van der Waals surface area contributed by atoms with Crippen LogP contribution in [0.5, 0.6) is 0 Å². The molecule has 1 aromatic carbocycles. The predicted octanol–water partition coefficient (Wildman–Crippen LogP) is 6.93. The maximum atomic E-state index is 9.25.